The Bertz CT molecular complexity index is 644. The Morgan fingerprint density at radius 2 is 2.00 bits per heavy atom. The summed E-state index contributed by atoms with van der Waals surface area (Å²) in [6, 6.07) is 10.4. The minimum atomic E-state index is -0.380. The molecule has 2 atom stereocenters. The van der Waals surface area contributed by atoms with Crippen LogP contribution in [0, 0.1) is 0 Å². The average molecular weight is 327 g/mol. The highest BCUT2D eigenvalue weighted by atomic mass is 16.3. The van der Waals surface area contributed by atoms with E-state index in [0.29, 0.717) is 6.04 Å². The van der Waals surface area contributed by atoms with Gasteiger partial charge in [-0.1, -0.05) is 30.3 Å². The van der Waals surface area contributed by atoms with Crippen LogP contribution in [-0.4, -0.2) is 32.4 Å². The second-order valence-electron chi connectivity index (χ2n) is 7.89. The first-order valence-corrected chi connectivity index (χ1v) is 8.94. The van der Waals surface area contributed by atoms with Crippen molar-refractivity contribution in [2.45, 2.75) is 64.3 Å². The summed E-state index contributed by atoms with van der Waals surface area (Å²) in [5, 5.41) is 15.0. The maximum atomic E-state index is 10.5. The summed E-state index contributed by atoms with van der Waals surface area (Å²) < 4.78 is 2.03. The fraction of sp³-hybridized carbons (Fsp3) is 0.550. The predicted octanol–water partition coefficient (Wildman–Crippen LogP) is 3.73. The van der Waals surface area contributed by atoms with E-state index in [2.05, 4.69) is 37.0 Å². The number of aromatic nitrogens is 2. The second kappa shape index (κ2) is 7.08. The molecule has 1 aliphatic rings. The molecule has 0 radical (unpaired) electrons. The predicted molar refractivity (Wildman–Crippen MR) is 96.7 cm³/mol. The number of rotatable bonds is 5. The van der Waals surface area contributed by atoms with Gasteiger partial charge in [0.1, 0.15) is 0 Å². The lowest BCUT2D eigenvalue weighted by molar-refractivity contribution is 0.118. The smallest absolute Gasteiger partial charge is 0.0805 e. The van der Waals surface area contributed by atoms with Gasteiger partial charge in [0.2, 0.25) is 0 Å². The normalized spacial score (nSPS) is 20.4. The Morgan fingerprint density at radius 3 is 2.67 bits per heavy atom. The zero-order valence-electron chi connectivity index (χ0n) is 15.0. The topological polar surface area (TPSA) is 41.3 Å². The van der Waals surface area contributed by atoms with E-state index >= 15 is 0 Å². The maximum Gasteiger partial charge on any atom is 0.0805 e. The number of hydrogen-bond acceptors (Lipinski definition) is 3. The average Bonchev–Trinajstić information content (AvgIpc) is 3.18. The van der Waals surface area contributed by atoms with Crippen LogP contribution in [0.15, 0.2) is 42.7 Å². The molecule has 2 heterocycles. The third-order valence-electron chi connectivity index (χ3n) is 4.89. The maximum absolute atomic E-state index is 10.5. The summed E-state index contributed by atoms with van der Waals surface area (Å²) >= 11 is 0. The molecule has 4 nitrogen and oxygen atoms in total. The molecule has 1 aromatic carbocycles. The molecule has 130 valence electrons. The highest BCUT2D eigenvalue weighted by Crippen LogP contribution is 2.28. The van der Waals surface area contributed by atoms with Gasteiger partial charge < -0.3 is 5.11 Å². The van der Waals surface area contributed by atoms with Crippen molar-refractivity contribution in [1.82, 2.24) is 14.7 Å². The number of aliphatic hydroxyl groups excluding tert-OH is 1. The molecule has 1 N–H and O–H groups in total. The molecular formula is C20H29N3O. The largest absolute Gasteiger partial charge is 0.388 e. The summed E-state index contributed by atoms with van der Waals surface area (Å²) in [5.74, 6) is 0. The summed E-state index contributed by atoms with van der Waals surface area (Å²) in [5.41, 5.74) is 2.29. The van der Waals surface area contributed by atoms with Crippen LogP contribution < -0.4 is 0 Å². The number of aliphatic hydroxyl groups is 1. The fourth-order valence-electron chi connectivity index (χ4n) is 3.48. The number of likely N-dealkylation sites (tertiary alicyclic amines) is 1. The molecule has 0 bridgehead atoms. The van der Waals surface area contributed by atoms with E-state index in [9.17, 15) is 5.11 Å². The van der Waals surface area contributed by atoms with E-state index < -0.39 is 0 Å². The molecule has 4 heteroatoms. The van der Waals surface area contributed by atoms with Crippen molar-refractivity contribution < 1.29 is 5.11 Å². The van der Waals surface area contributed by atoms with Gasteiger partial charge in [0, 0.05) is 24.3 Å². The van der Waals surface area contributed by atoms with Gasteiger partial charge in [-0.2, -0.15) is 5.10 Å². The van der Waals surface area contributed by atoms with E-state index in [4.69, 9.17) is 0 Å². The van der Waals surface area contributed by atoms with Gasteiger partial charge in [0.15, 0.2) is 0 Å². The highest BCUT2D eigenvalue weighted by Gasteiger charge is 2.27. The lowest BCUT2D eigenvalue weighted by Gasteiger charge is -2.26. The highest BCUT2D eigenvalue weighted by molar-refractivity contribution is 5.17. The van der Waals surface area contributed by atoms with E-state index in [1.54, 1.807) is 0 Å². The molecule has 0 amide bonds. The first-order valence-electron chi connectivity index (χ1n) is 8.94. The van der Waals surface area contributed by atoms with E-state index in [1.807, 2.05) is 41.2 Å². The van der Waals surface area contributed by atoms with Crippen molar-refractivity contribution in [2.75, 3.05) is 6.54 Å². The van der Waals surface area contributed by atoms with Gasteiger partial charge in [0.05, 0.1) is 17.8 Å². The summed E-state index contributed by atoms with van der Waals surface area (Å²) in [6.07, 6.45) is 6.93. The van der Waals surface area contributed by atoms with Gasteiger partial charge in [-0.05, 0) is 52.1 Å². The SMILES string of the molecule is CC(C)(C)n1cc(CN2CCCC2CC(O)c2ccccc2)cn1. The van der Waals surface area contributed by atoms with Crippen molar-refractivity contribution in [3.8, 4) is 0 Å². The van der Waals surface area contributed by atoms with Crippen molar-refractivity contribution in [2.24, 2.45) is 0 Å². The lowest BCUT2D eigenvalue weighted by Crippen LogP contribution is -2.30. The minimum absolute atomic E-state index is 0.0200. The Balaban J connectivity index is 1.62. The van der Waals surface area contributed by atoms with E-state index in [-0.39, 0.29) is 11.6 Å². The van der Waals surface area contributed by atoms with Crippen molar-refractivity contribution in [3.63, 3.8) is 0 Å². The third kappa shape index (κ3) is 4.05. The molecule has 1 fully saturated rings. The Kier molecular flexibility index (Phi) is 5.07. The molecule has 24 heavy (non-hydrogen) atoms. The van der Waals surface area contributed by atoms with Gasteiger partial charge >= 0.3 is 0 Å². The van der Waals surface area contributed by atoms with Crippen LogP contribution in [-0.2, 0) is 12.1 Å². The van der Waals surface area contributed by atoms with Crippen LogP contribution in [0.5, 0.6) is 0 Å². The van der Waals surface area contributed by atoms with Gasteiger partial charge in [-0.25, -0.2) is 0 Å². The quantitative estimate of drug-likeness (QED) is 0.910. The molecule has 2 unspecified atom stereocenters. The van der Waals surface area contributed by atoms with Crippen LogP contribution >= 0.6 is 0 Å². The van der Waals surface area contributed by atoms with Crippen molar-refractivity contribution in [1.29, 1.82) is 0 Å². The van der Waals surface area contributed by atoms with Crippen LogP contribution in [0.2, 0.25) is 0 Å². The van der Waals surface area contributed by atoms with E-state index in [0.717, 1.165) is 31.5 Å². The van der Waals surface area contributed by atoms with E-state index in [1.165, 1.54) is 12.0 Å². The monoisotopic (exact) mass is 327 g/mol. The third-order valence-corrected chi connectivity index (χ3v) is 4.89. The van der Waals surface area contributed by atoms with Crippen LogP contribution in [0.4, 0.5) is 0 Å². The van der Waals surface area contributed by atoms with Gasteiger partial charge in [-0.15, -0.1) is 0 Å². The number of benzene rings is 1. The Hall–Kier alpha value is -1.65. The first kappa shape index (κ1) is 17.2. The number of hydrogen-bond donors (Lipinski definition) is 1. The molecule has 0 aliphatic carbocycles. The van der Waals surface area contributed by atoms with Crippen molar-refractivity contribution >= 4 is 0 Å². The van der Waals surface area contributed by atoms with Crippen LogP contribution in [0.1, 0.15) is 57.3 Å². The summed E-state index contributed by atoms with van der Waals surface area (Å²) in [6.45, 7) is 8.52. The minimum Gasteiger partial charge on any atom is -0.388 e. The lowest BCUT2D eigenvalue weighted by atomic mass is 10.0. The van der Waals surface area contributed by atoms with Gasteiger partial charge in [-0.3, -0.25) is 9.58 Å². The second-order valence-corrected chi connectivity index (χ2v) is 7.89. The molecule has 3 rings (SSSR count). The van der Waals surface area contributed by atoms with Crippen LogP contribution in [0.3, 0.4) is 0 Å². The van der Waals surface area contributed by atoms with Crippen molar-refractivity contribution in [3.05, 3.63) is 53.9 Å². The number of nitrogens with zero attached hydrogens (tertiary/aromatic N) is 3. The van der Waals surface area contributed by atoms with Gasteiger partial charge in [0.25, 0.3) is 0 Å². The molecule has 0 saturated carbocycles. The molecular weight excluding hydrogens is 298 g/mol. The first-order chi connectivity index (χ1) is 11.4. The zero-order valence-corrected chi connectivity index (χ0v) is 15.0. The molecule has 2 aromatic rings. The summed E-state index contributed by atoms with van der Waals surface area (Å²) in [7, 11) is 0. The molecule has 1 aromatic heterocycles. The Morgan fingerprint density at radius 1 is 1.25 bits per heavy atom. The molecule has 1 aliphatic heterocycles. The summed E-state index contributed by atoms with van der Waals surface area (Å²) in [4.78, 5) is 2.50. The fourth-order valence-corrected chi connectivity index (χ4v) is 3.48. The van der Waals surface area contributed by atoms with Crippen LogP contribution in [0.25, 0.3) is 0 Å². The Labute approximate surface area is 145 Å². The standard InChI is InChI=1S/C20H29N3O/c1-20(2,3)23-15-16(13-21-23)14-22-11-7-10-18(22)12-19(24)17-8-5-4-6-9-17/h4-6,8-9,13,15,18-19,24H,7,10-12,14H2,1-3H3. The molecule has 1 saturated heterocycles. The molecule has 0 spiro atoms. The zero-order chi connectivity index (χ0) is 17.2.